The Morgan fingerprint density at radius 1 is 1.17 bits per heavy atom. The van der Waals surface area contributed by atoms with Crippen LogP contribution in [0.15, 0.2) is 48.5 Å². The lowest BCUT2D eigenvalue weighted by atomic mass is 9.99. The maximum atomic E-state index is 13.5. The number of thioether (sulfide) groups is 1. The van der Waals surface area contributed by atoms with Crippen LogP contribution in [0.1, 0.15) is 48.5 Å². The number of nitrogens with one attached hydrogen (secondary N) is 3. The molecule has 4 rings (SSSR count). The number of carbonyl (C=O) groups excluding carboxylic acids is 2. The van der Waals surface area contributed by atoms with Gasteiger partial charge in [-0.05, 0) is 67.9 Å². The van der Waals surface area contributed by atoms with Crippen LogP contribution in [0.5, 0.6) is 0 Å². The molecule has 2 aromatic rings. The van der Waals surface area contributed by atoms with Crippen molar-refractivity contribution in [3.05, 3.63) is 59.7 Å². The molecule has 7 nitrogen and oxygen atoms in total. The number of hydrogen-bond donors (Lipinski definition) is 4. The third kappa shape index (κ3) is 7.24. The Balaban J connectivity index is 1.51. The molecule has 0 spiro atoms. The van der Waals surface area contributed by atoms with Crippen LogP contribution in [0.2, 0.25) is 0 Å². The minimum atomic E-state index is -0.736. The molecule has 2 aliphatic heterocycles. The van der Waals surface area contributed by atoms with Gasteiger partial charge in [-0.25, -0.2) is 0 Å². The number of aliphatic hydroxyl groups is 1. The first-order chi connectivity index (χ1) is 17.5. The van der Waals surface area contributed by atoms with Gasteiger partial charge in [0.15, 0.2) is 0 Å². The Kier molecular flexibility index (Phi) is 9.67. The molecule has 0 saturated carbocycles. The first kappa shape index (κ1) is 26.5. The summed E-state index contributed by atoms with van der Waals surface area (Å²) in [4.78, 5) is 27.6. The molecular weight excluding hydrogens is 472 g/mol. The van der Waals surface area contributed by atoms with Crippen LogP contribution in [0.4, 0.5) is 11.4 Å². The minimum Gasteiger partial charge on any atom is -0.390 e. The molecule has 0 unspecified atom stereocenters. The molecule has 2 aromatic carbocycles. The van der Waals surface area contributed by atoms with Crippen LogP contribution in [0.3, 0.4) is 0 Å². The second-order valence-corrected chi connectivity index (χ2v) is 10.8. The second-order valence-electron chi connectivity index (χ2n) is 9.58. The Bertz CT molecular complexity index is 1010. The van der Waals surface area contributed by atoms with Gasteiger partial charge in [-0.2, -0.15) is 11.8 Å². The number of nitrogens with zero attached hydrogens (tertiary/aromatic N) is 1. The summed E-state index contributed by atoms with van der Waals surface area (Å²) < 4.78 is 0. The Hall–Kier alpha value is -2.55. The molecule has 36 heavy (non-hydrogen) atoms. The van der Waals surface area contributed by atoms with Crippen molar-refractivity contribution in [2.75, 3.05) is 41.4 Å². The van der Waals surface area contributed by atoms with E-state index in [1.807, 2.05) is 61.2 Å². The average Bonchev–Trinajstić information content (AvgIpc) is 3.34. The molecular formula is C28H38N4O3S. The quantitative estimate of drug-likeness (QED) is 0.370. The highest BCUT2D eigenvalue weighted by Gasteiger charge is 2.26. The van der Waals surface area contributed by atoms with Crippen molar-refractivity contribution in [3.63, 3.8) is 0 Å². The summed E-state index contributed by atoms with van der Waals surface area (Å²) in [7, 11) is 0. The SMILES string of the molecule is CCNc1cc(C(=O)N[C@@H](Cc2ccccc2)[C@H](O)CNC2CCSCC2)cc(N2CCCC2=O)c1. The Morgan fingerprint density at radius 2 is 1.94 bits per heavy atom. The van der Waals surface area contributed by atoms with Gasteiger partial charge in [0.1, 0.15) is 0 Å². The van der Waals surface area contributed by atoms with E-state index in [1.165, 1.54) is 0 Å². The first-order valence-electron chi connectivity index (χ1n) is 13.1. The van der Waals surface area contributed by atoms with E-state index in [1.54, 1.807) is 11.0 Å². The van der Waals surface area contributed by atoms with Gasteiger partial charge in [-0.15, -0.1) is 0 Å². The van der Waals surface area contributed by atoms with E-state index >= 15 is 0 Å². The zero-order valence-corrected chi connectivity index (χ0v) is 21.9. The number of carbonyl (C=O) groups is 2. The van der Waals surface area contributed by atoms with Gasteiger partial charge in [-0.3, -0.25) is 9.59 Å². The molecule has 0 bridgehead atoms. The fourth-order valence-corrected chi connectivity index (χ4v) is 5.97. The van der Waals surface area contributed by atoms with Crippen LogP contribution < -0.4 is 20.9 Å². The van der Waals surface area contributed by atoms with E-state index in [9.17, 15) is 14.7 Å². The Morgan fingerprint density at radius 3 is 2.64 bits per heavy atom. The van der Waals surface area contributed by atoms with Crippen LogP contribution >= 0.6 is 11.8 Å². The molecule has 194 valence electrons. The van der Waals surface area contributed by atoms with E-state index in [-0.39, 0.29) is 11.8 Å². The maximum absolute atomic E-state index is 13.5. The lowest BCUT2D eigenvalue weighted by Crippen LogP contribution is -2.50. The summed E-state index contributed by atoms with van der Waals surface area (Å²) >= 11 is 1.97. The zero-order chi connectivity index (χ0) is 25.3. The van der Waals surface area contributed by atoms with Crippen molar-refractivity contribution in [2.24, 2.45) is 0 Å². The van der Waals surface area contributed by atoms with E-state index in [4.69, 9.17) is 0 Å². The molecule has 2 fully saturated rings. The molecule has 0 aromatic heterocycles. The maximum Gasteiger partial charge on any atom is 0.251 e. The fraction of sp³-hybridized carbons (Fsp3) is 0.500. The lowest BCUT2D eigenvalue weighted by Gasteiger charge is -2.28. The molecule has 2 heterocycles. The predicted octanol–water partition coefficient (Wildman–Crippen LogP) is 3.43. The third-order valence-corrected chi connectivity index (χ3v) is 7.91. The summed E-state index contributed by atoms with van der Waals surface area (Å²) in [6, 6.07) is 15.4. The van der Waals surface area contributed by atoms with Crippen molar-refractivity contribution in [1.82, 2.24) is 10.6 Å². The fourth-order valence-electron chi connectivity index (χ4n) is 4.86. The highest BCUT2D eigenvalue weighted by atomic mass is 32.2. The molecule has 2 amide bonds. The summed E-state index contributed by atoms with van der Waals surface area (Å²) in [6.07, 6.45) is 3.35. The summed E-state index contributed by atoms with van der Waals surface area (Å²) in [5.74, 6) is 2.11. The van der Waals surface area contributed by atoms with Gasteiger partial charge in [-0.1, -0.05) is 30.3 Å². The van der Waals surface area contributed by atoms with E-state index in [0.29, 0.717) is 44.1 Å². The standard InChI is InChI=1S/C28H38N4O3S/c1-2-29-23-16-21(17-24(18-23)32-12-6-9-27(32)34)28(35)31-25(15-20-7-4-3-5-8-20)26(33)19-30-22-10-13-36-14-11-22/h3-5,7-8,16-18,22,25-26,29-30,33H,2,6,9-15,19H2,1H3,(H,31,35)/t25-,26+/m0/s1. The van der Waals surface area contributed by atoms with Gasteiger partial charge in [0, 0.05) is 49.0 Å². The van der Waals surface area contributed by atoms with Crippen molar-refractivity contribution in [1.29, 1.82) is 0 Å². The molecule has 4 N–H and O–H groups in total. The monoisotopic (exact) mass is 510 g/mol. The van der Waals surface area contributed by atoms with Crippen molar-refractivity contribution < 1.29 is 14.7 Å². The van der Waals surface area contributed by atoms with Crippen molar-refractivity contribution in [2.45, 2.75) is 57.2 Å². The smallest absolute Gasteiger partial charge is 0.251 e. The van der Waals surface area contributed by atoms with Crippen molar-refractivity contribution >= 4 is 35.0 Å². The molecule has 0 aliphatic carbocycles. The second kappa shape index (κ2) is 13.1. The number of benzene rings is 2. The first-order valence-corrected chi connectivity index (χ1v) is 14.2. The Labute approximate surface area is 218 Å². The van der Waals surface area contributed by atoms with E-state index < -0.39 is 12.1 Å². The predicted molar refractivity (Wildman–Crippen MR) is 148 cm³/mol. The van der Waals surface area contributed by atoms with Crippen LogP contribution in [0, 0.1) is 0 Å². The lowest BCUT2D eigenvalue weighted by molar-refractivity contribution is -0.117. The molecule has 2 aliphatic rings. The normalized spacial score (nSPS) is 18.2. The van der Waals surface area contributed by atoms with E-state index in [0.717, 1.165) is 47.7 Å². The number of amides is 2. The number of aliphatic hydroxyl groups excluding tert-OH is 1. The highest BCUT2D eigenvalue weighted by Crippen LogP contribution is 2.27. The van der Waals surface area contributed by atoms with E-state index in [2.05, 4.69) is 16.0 Å². The van der Waals surface area contributed by atoms with Gasteiger partial charge >= 0.3 is 0 Å². The van der Waals surface area contributed by atoms with Gasteiger partial charge < -0.3 is 26.0 Å². The number of hydrogen-bond acceptors (Lipinski definition) is 6. The molecule has 0 radical (unpaired) electrons. The minimum absolute atomic E-state index is 0.0829. The summed E-state index contributed by atoms with van der Waals surface area (Å²) in [5.41, 5.74) is 3.07. The van der Waals surface area contributed by atoms with Crippen LogP contribution in [-0.2, 0) is 11.2 Å². The van der Waals surface area contributed by atoms with Crippen molar-refractivity contribution in [3.8, 4) is 0 Å². The number of rotatable bonds is 11. The number of anilines is 2. The third-order valence-electron chi connectivity index (χ3n) is 6.86. The van der Waals surface area contributed by atoms with Crippen LogP contribution in [-0.4, -0.2) is 66.2 Å². The molecule has 2 saturated heterocycles. The average molecular weight is 511 g/mol. The summed E-state index contributed by atoms with van der Waals surface area (Å²) in [5, 5.41) is 21.0. The molecule has 2 atom stereocenters. The summed E-state index contributed by atoms with van der Waals surface area (Å²) in [6.45, 7) is 3.80. The topological polar surface area (TPSA) is 93.7 Å². The largest absolute Gasteiger partial charge is 0.390 e. The van der Waals surface area contributed by atoms with Crippen LogP contribution in [0.25, 0.3) is 0 Å². The van der Waals surface area contributed by atoms with Gasteiger partial charge in [0.05, 0.1) is 12.1 Å². The zero-order valence-electron chi connectivity index (χ0n) is 21.0. The molecule has 8 heteroatoms. The highest BCUT2D eigenvalue weighted by molar-refractivity contribution is 7.99. The van der Waals surface area contributed by atoms with Gasteiger partial charge in [0.25, 0.3) is 5.91 Å². The van der Waals surface area contributed by atoms with Gasteiger partial charge in [0.2, 0.25) is 5.91 Å².